The maximum Gasteiger partial charge on any atom is 2.00 e. The molecule has 108 valence electrons. The van der Waals surface area contributed by atoms with E-state index in [4.69, 9.17) is 0 Å². The van der Waals surface area contributed by atoms with Gasteiger partial charge in [-0.15, -0.1) is 0 Å². The number of carboxylic acid groups (broad SMARTS) is 2. The summed E-state index contributed by atoms with van der Waals surface area (Å²) in [5.74, 6) is -4.98. The number of rotatable bonds is 2. The van der Waals surface area contributed by atoms with Gasteiger partial charge in [0.1, 0.15) is 12.1 Å². The van der Waals surface area contributed by atoms with Crippen molar-refractivity contribution in [2.45, 2.75) is 12.1 Å². The Morgan fingerprint density at radius 1 is 0.762 bits per heavy atom. The van der Waals surface area contributed by atoms with Crippen molar-refractivity contribution in [2.24, 2.45) is 0 Å². The van der Waals surface area contributed by atoms with Gasteiger partial charge in [-0.3, -0.25) is 20.2 Å². The van der Waals surface area contributed by atoms with Gasteiger partial charge in [0.2, 0.25) is 0 Å². The molecule has 0 aromatic heterocycles. The molecule has 2 aliphatic rings. The van der Waals surface area contributed by atoms with Crippen LogP contribution in [0.3, 0.4) is 0 Å². The first-order valence-corrected chi connectivity index (χ1v) is 4.87. The predicted octanol–water partition coefficient (Wildman–Crippen LogP) is -6.49. The van der Waals surface area contributed by atoms with Gasteiger partial charge in [0.15, 0.2) is 0 Å². The van der Waals surface area contributed by atoms with E-state index < -0.39 is 47.9 Å². The predicted molar refractivity (Wildman–Crippen MR) is 56.7 cm³/mol. The molecule has 2 aliphatic heterocycles. The second-order valence-corrected chi connectivity index (χ2v) is 3.43. The Balaban J connectivity index is 0.000000364. The summed E-state index contributed by atoms with van der Waals surface area (Å²) in [5.41, 5.74) is 0. The third kappa shape index (κ3) is 5.17. The van der Waals surface area contributed by atoms with E-state index in [1.807, 2.05) is 10.6 Å². The fourth-order valence-corrected chi connectivity index (χ4v) is 1.17. The fraction of sp³-hybridized carbons (Fsp3) is 0.250. The van der Waals surface area contributed by atoms with E-state index in [2.05, 4.69) is 0 Å². The van der Waals surface area contributed by atoms with Crippen LogP contribution in [-0.2, 0) is 19.2 Å². The zero-order chi connectivity index (χ0) is 15.4. The van der Waals surface area contributed by atoms with Crippen LogP contribution in [0, 0.1) is 0 Å². The second kappa shape index (κ2) is 7.75. The molecule has 2 saturated heterocycles. The molecule has 12 nitrogen and oxygen atoms in total. The van der Waals surface area contributed by atoms with Gasteiger partial charge in [-0.2, -0.15) is 0 Å². The van der Waals surface area contributed by atoms with Crippen molar-refractivity contribution in [3.05, 3.63) is 0 Å². The van der Waals surface area contributed by atoms with E-state index in [-0.39, 0.29) is 37.7 Å². The van der Waals surface area contributed by atoms with Gasteiger partial charge in [-0.1, -0.05) is 0 Å². The van der Waals surface area contributed by atoms with Crippen molar-refractivity contribution < 1.29 is 39.0 Å². The monoisotopic (exact) mass is 326 g/mol. The number of hydrogen-bond acceptors (Lipinski definition) is 8. The van der Waals surface area contributed by atoms with E-state index in [1.54, 1.807) is 10.6 Å². The van der Waals surface area contributed by atoms with Crippen molar-refractivity contribution in [3.63, 3.8) is 0 Å². The van der Waals surface area contributed by atoms with Gasteiger partial charge in [-0.05, 0) is 0 Å². The quantitative estimate of drug-likeness (QED) is 0.218. The van der Waals surface area contributed by atoms with Crippen molar-refractivity contribution in [1.82, 2.24) is 21.3 Å². The summed E-state index contributed by atoms with van der Waals surface area (Å²) >= 11 is 0. The summed E-state index contributed by atoms with van der Waals surface area (Å²) in [5, 5.41) is 27.1. The Morgan fingerprint density at radius 2 is 1.05 bits per heavy atom. The van der Waals surface area contributed by atoms with Gasteiger partial charge in [0, 0.05) is 0 Å². The standard InChI is InChI=1S/2C4H4N2O4.Ca/c2*7-2-1(3(8)9)5-4(10)6-2;/h2*1H,(H,8,9)(H2,5,6,7,10);/q;;+2/p-2. The smallest absolute Gasteiger partial charge is 0.547 e. The number of carboxylic acids is 2. The molecule has 0 spiro atoms. The van der Waals surface area contributed by atoms with Gasteiger partial charge in [0.25, 0.3) is 11.8 Å². The average molecular weight is 326 g/mol. The van der Waals surface area contributed by atoms with Crippen LogP contribution in [0.1, 0.15) is 0 Å². The summed E-state index contributed by atoms with van der Waals surface area (Å²) in [6.45, 7) is 0. The first-order chi connectivity index (χ1) is 9.22. The Labute approximate surface area is 145 Å². The van der Waals surface area contributed by atoms with Crippen molar-refractivity contribution >= 4 is 73.6 Å². The molecule has 0 aliphatic carbocycles. The maximum atomic E-state index is 10.4. The topological polar surface area (TPSA) is 197 Å². The molecule has 21 heavy (non-hydrogen) atoms. The first kappa shape index (κ1) is 19.1. The number of aliphatic carboxylic acids is 2. The molecule has 13 heteroatoms. The maximum absolute atomic E-state index is 10.4. The molecular weight excluding hydrogens is 320 g/mol. The minimum absolute atomic E-state index is 0. The molecule has 2 unspecified atom stereocenters. The number of carbonyl (C=O) groups is 6. The van der Waals surface area contributed by atoms with Crippen LogP contribution in [0.5, 0.6) is 0 Å². The molecule has 2 atom stereocenters. The zero-order valence-corrected chi connectivity index (χ0v) is 12.3. The minimum atomic E-state index is -1.61. The van der Waals surface area contributed by atoms with E-state index in [9.17, 15) is 39.0 Å². The minimum Gasteiger partial charge on any atom is -0.547 e. The van der Waals surface area contributed by atoms with Gasteiger partial charge >= 0.3 is 49.8 Å². The normalized spacial score (nSPS) is 22.7. The van der Waals surface area contributed by atoms with Crippen LogP contribution in [0.15, 0.2) is 0 Å². The number of amides is 6. The van der Waals surface area contributed by atoms with Gasteiger partial charge in [-0.25, -0.2) is 9.59 Å². The van der Waals surface area contributed by atoms with Crippen molar-refractivity contribution in [1.29, 1.82) is 0 Å². The van der Waals surface area contributed by atoms with Crippen molar-refractivity contribution in [3.8, 4) is 0 Å². The molecule has 2 rings (SSSR count). The van der Waals surface area contributed by atoms with E-state index in [0.717, 1.165) is 0 Å². The summed E-state index contributed by atoms with van der Waals surface area (Å²) in [6, 6.07) is -4.68. The second-order valence-electron chi connectivity index (χ2n) is 3.43. The van der Waals surface area contributed by atoms with Crippen LogP contribution in [0.25, 0.3) is 0 Å². The first-order valence-electron chi connectivity index (χ1n) is 4.87. The molecule has 6 amide bonds. The fourth-order valence-electron chi connectivity index (χ4n) is 1.17. The number of nitrogens with one attached hydrogen (secondary N) is 4. The van der Waals surface area contributed by atoms with E-state index in [0.29, 0.717) is 0 Å². The third-order valence-electron chi connectivity index (χ3n) is 2.02. The molecule has 2 fully saturated rings. The Bertz CT molecular complexity index is 474. The van der Waals surface area contributed by atoms with Crippen LogP contribution < -0.4 is 31.5 Å². The van der Waals surface area contributed by atoms with Crippen LogP contribution in [0.4, 0.5) is 9.59 Å². The number of carbonyl (C=O) groups excluding carboxylic acids is 6. The SMILES string of the molecule is O=C1NC(=O)C(C(=O)[O-])N1.O=C1NC(=O)C(C(=O)[O-])N1.[Ca+2]. The summed E-state index contributed by atoms with van der Waals surface area (Å²) in [4.78, 5) is 61.2. The number of urea groups is 2. The molecule has 2 heterocycles. The Kier molecular flexibility index (Phi) is 7.05. The molecule has 0 aromatic carbocycles. The average Bonchev–Trinajstić information content (AvgIpc) is 2.82. The van der Waals surface area contributed by atoms with E-state index >= 15 is 0 Å². The van der Waals surface area contributed by atoms with Crippen LogP contribution >= 0.6 is 0 Å². The molecule has 4 N–H and O–H groups in total. The Morgan fingerprint density at radius 3 is 1.14 bits per heavy atom. The molecule has 0 radical (unpaired) electrons. The van der Waals surface area contributed by atoms with Crippen molar-refractivity contribution in [2.75, 3.05) is 0 Å². The summed E-state index contributed by atoms with van der Waals surface area (Å²) in [6.07, 6.45) is 0. The number of hydrogen-bond donors (Lipinski definition) is 4. The molecule has 0 bridgehead atoms. The molecular formula is C8H6CaN4O8. The Hall–Kier alpha value is -1.92. The molecule has 0 saturated carbocycles. The molecule has 0 aromatic rings. The number of imide groups is 2. The zero-order valence-electron chi connectivity index (χ0n) is 10.1. The van der Waals surface area contributed by atoms with Crippen LogP contribution in [0.2, 0.25) is 0 Å². The third-order valence-corrected chi connectivity index (χ3v) is 2.02. The van der Waals surface area contributed by atoms with E-state index in [1.165, 1.54) is 0 Å². The van der Waals surface area contributed by atoms with Crippen LogP contribution in [-0.4, -0.2) is 85.6 Å². The van der Waals surface area contributed by atoms with Gasteiger partial charge < -0.3 is 30.4 Å². The largest absolute Gasteiger partial charge is 2.00 e. The van der Waals surface area contributed by atoms with Gasteiger partial charge in [0.05, 0.1) is 11.9 Å². The summed E-state index contributed by atoms with van der Waals surface area (Å²) < 4.78 is 0. The summed E-state index contributed by atoms with van der Waals surface area (Å²) in [7, 11) is 0.